The van der Waals surface area contributed by atoms with Crippen molar-refractivity contribution in [2.75, 3.05) is 57.3 Å². The van der Waals surface area contributed by atoms with Crippen LogP contribution in [-0.2, 0) is 84.2 Å². The van der Waals surface area contributed by atoms with Crippen molar-refractivity contribution in [1.29, 1.82) is 0 Å². The molecule has 12 rings (SSSR count). The number of aliphatic hydroxyl groups is 2. The van der Waals surface area contributed by atoms with Crippen molar-refractivity contribution in [3.8, 4) is 0 Å². The summed E-state index contributed by atoms with van der Waals surface area (Å²) in [7, 11) is -0.795. The number of aromatic nitrogens is 10. The topological polar surface area (TPSA) is 303 Å². The van der Waals surface area contributed by atoms with Crippen LogP contribution in [0.25, 0.3) is 41.4 Å². The average molecular weight is 2020 g/mol. The fourth-order valence-electron chi connectivity index (χ4n) is 9.85. The molecule has 0 saturated heterocycles. The van der Waals surface area contributed by atoms with Gasteiger partial charge in [0.1, 0.15) is 73.5 Å². The molecule has 116 heavy (non-hydrogen) atoms. The summed E-state index contributed by atoms with van der Waals surface area (Å²) in [5, 5.41) is 23.0. The zero-order chi connectivity index (χ0) is 85.6. The Hall–Kier alpha value is -8.55. The van der Waals surface area contributed by atoms with Crippen LogP contribution in [0.2, 0.25) is 77.1 Å². The maximum atomic E-state index is 12.4. The Morgan fingerprint density at radius 2 is 0.948 bits per heavy atom. The van der Waals surface area contributed by atoms with Crippen LogP contribution < -0.4 is 9.80 Å². The lowest BCUT2D eigenvalue weighted by Gasteiger charge is -2.20. The second-order valence-corrected chi connectivity index (χ2v) is 51.2. The number of pyridine rings is 8. The van der Waals surface area contributed by atoms with E-state index < -0.39 is 39.4 Å². The highest BCUT2D eigenvalue weighted by atomic mass is 79.9. The number of carbonyl (C=O) groups is 4. The number of aliphatic hydroxyl groups excluding tert-OH is 2. The molecule has 27 nitrogen and oxygen atoms in total. The Labute approximate surface area is 730 Å². The van der Waals surface area contributed by atoms with Gasteiger partial charge < -0.3 is 62.8 Å². The fraction of sp³-hybridized carbons (Fsp3) is 0.350. The molecular formula is C80H92Br6N16O11Si3. The van der Waals surface area contributed by atoms with E-state index in [9.17, 15) is 19.2 Å². The molecule has 10 aromatic heterocycles. The first-order valence-corrected chi connectivity index (χ1v) is 53.0. The molecule has 0 aliphatic carbocycles. The number of amides is 2. The number of halogens is 6. The molecule has 0 radical (unpaired) electrons. The van der Waals surface area contributed by atoms with Gasteiger partial charge in [-0.05, 0) is 108 Å². The molecule has 0 unspecified atom stereocenters. The zero-order valence-electron chi connectivity index (χ0n) is 66.2. The van der Waals surface area contributed by atoms with Gasteiger partial charge in [-0.2, -0.15) is 0 Å². The van der Waals surface area contributed by atoms with E-state index in [2.05, 4.69) is 245 Å². The van der Waals surface area contributed by atoms with Gasteiger partial charge in [0, 0.05) is 141 Å². The standard InChI is InChI=1S/C13H18Br2N2O2Si.C13H20N2O2Si.C13H20N2OSi.C10H8N2O4.2C8H6Br2N2.C8H8N2O2.C7H6N2/c1-20(2,3)8-7-19-9-17-11-10(5-4-6-16-11)13(14,15)12(17)18;1-18(2,3)8-7-17-10-15-12(16)9-11-5-4-6-14-13(11)15;1-17(2,3)10-9-16-11-15-8-6-12-5-4-7-14-13(12)15;1-11-8-4-6(9(13)15-2)7(5-12-8)10(14)16-3;2*1-11-8-2-6(3-9)7(4-10)5-12-8;1-9-8-2-6(4-11)7(5-12)3-10-8;1-2-6-3-5-9-7(6)8-4-1/h4-6H,7-9H2,1-3H3;4-6H,7-10H2,1-3H3;4-8H,9-11H2,1-3H3;4-5H,2-3H3;2*2,5H,3-4H2;2-3,11-12H,4-5H2;1-5H,(H,8,9). The number of alkyl halides is 6. The van der Waals surface area contributed by atoms with Crippen molar-refractivity contribution in [2.24, 2.45) is 0 Å². The number of hydrogen-bond donors (Lipinski definition) is 3. The minimum atomic E-state index is -1.11. The van der Waals surface area contributed by atoms with Gasteiger partial charge in [-0.25, -0.2) is 29.5 Å². The molecule has 0 atom stereocenters. The molecule has 2 amide bonds. The summed E-state index contributed by atoms with van der Waals surface area (Å²) in [6.07, 6.45) is 17.3. The summed E-state index contributed by atoms with van der Waals surface area (Å²) in [6, 6.07) is 29.2. The molecular weight excluding hydrogens is 1920 g/mol. The van der Waals surface area contributed by atoms with E-state index >= 15 is 0 Å². The first-order valence-electron chi connectivity index (χ1n) is 35.8. The molecule has 36 heteroatoms. The number of carbonyl (C=O) groups excluding carboxylic acids is 4. The maximum absolute atomic E-state index is 12.4. The van der Waals surface area contributed by atoms with Gasteiger partial charge in [-0.15, -0.1) is 19.9 Å². The number of nitrogens with one attached hydrogen (secondary N) is 1. The first-order chi connectivity index (χ1) is 55.3. The number of nitrogens with zero attached hydrogens (tertiary/aromatic N) is 15. The molecule has 2 aliphatic rings. The van der Waals surface area contributed by atoms with Crippen LogP contribution in [0.4, 0.5) is 34.9 Å². The van der Waals surface area contributed by atoms with Gasteiger partial charge >= 0.3 is 11.9 Å². The molecule has 0 aromatic carbocycles. The Morgan fingerprint density at radius 3 is 1.45 bits per heavy atom. The first kappa shape index (κ1) is 98.0. The van der Waals surface area contributed by atoms with E-state index in [1.54, 1.807) is 52.9 Å². The quantitative estimate of drug-likeness (QED) is 0.0176. The van der Waals surface area contributed by atoms with Crippen LogP contribution in [0.3, 0.4) is 0 Å². The molecule has 10 aromatic rings. The maximum Gasteiger partial charge on any atom is 0.342 e. The van der Waals surface area contributed by atoms with E-state index in [0.717, 1.165) is 109 Å². The lowest BCUT2D eigenvalue weighted by atomic mass is 10.1. The monoisotopic (exact) mass is 2010 g/mol. The summed E-state index contributed by atoms with van der Waals surface area (Å²) < 4.78 is 27.2. The SMILES string of the molecule is C[Si](C)(C)CCOCN1C(=O)C(Br)(Br)c2cccnc21.C[Si](C)(C)CCOCN1C(=O)Cc2cccnc21.C[Si](C)(C)CCOCn1ccc2cccnc21.[C-]#[N+]c1cc(C(=O)OC)c(C(=O)OC)cn1.[C-]#[N+]c1cc(CBr)c(CBr)cn1.[C-]#[N+]c1cc(CBr)c(CBr)cn1.[C-]#[N+]c1cc(CO)c(CO)cn1.c1cnc2[nH]ccc2c1. The highest BCUT2D eigenvalue weighted by Gasteiger charge is 2.48. The lowest BCUT2D eigenvalue weighted by molar-refractivity contribution is -0.119. The van der Waals surface area contributed by atoms with Gasteiger partial charge in [-0.3, -0.25) is 19.4 Å². The second kappa shape index (κ2) is 49.6. The van der Waals surface area contributed by atoms with Gasteiger partial charge in [0.05, 0.1) is 39.4 Å². The van der Waals surface area contributed by atoms with E-state index in [1.165, 1.54) is 44.0 Å². The lowest BCUT2D eigenvalue weighted by Crippen LogP contribution is -2.35. The summed E-state index contributed by atoms with van der Waals surface area (Å²) >= 11 is 20.3. The van der Waals surface area contributed by atoms with Crippen LogP contribution in [0.15, 0.2) is 147 Å². The van der Waals surface area contributed by atoms with E-state index in [-0.39, 0.29) is 54.5 Å². The van der Waals surface area contributed by atoms with Crippen LogP contribution in [0.5, 0.6) is 0 Å². The van der Waals surface area contributed by atoms with Crippen LogP contribution >= 0.6 is 95.6 Å². The molecule has 0 spiro atoms. The van der Waals surface area contributed by atoms with Crippen molar-refractivity contribution in [3.63, 3.8) is 0 Å². The van der Waals surface area contributed by atoms with Crippen LogP contribution in [0.1, 0.15) is 65.2 Å². The van der Waals surface area contributed by atoms with Gasteiger partial charge in [0.15, 0.2) is 3.23 Å². The third-order valence-electron chi connectivity index (χ3n) is 16.4. The Morgan fingerprint density at radius 1 is 0.509 bits per heavy atom. The van der Waals surface area contributed by atoms with Crippen LogP contribution in [0, 0.1) is 26.3 Å². The number of H-pyrrole nitrogens is 1. The molecule has 12 heterocycles. The second-order valence-electron chi connectivity index (χ2n) is 28.6. The number of hydrogen-bond acceptors (Lipinski definition) is 19. The Kier molecular flexibility index (Phi) is 41.9. The Bertz CT molecular complexity index is 4870. The van der Waals surface area contributed by atoms with Crippen molar-refractivity contribution in [1.82, 2.24) is 49.4 Å². The van der Waals surface area contributed by atoms with Crippen LogP contribution in [-0.4, -0.2) is 155 Å². The number of esters is 2. The number of rotatable bonds is 23. The summed E-state index contributed by atoms with van der Waals surface area (Å²) in [4.78, 5) is 98.2. The largest absolute Gasteiger partial charge is 0.465 e. The molecule has 612 valence electrons. The van der Waals surface area contributed by atoms with Crippen molar-refractivity contribution >= 4 is 201 Å². The third-order valence-corrected chi connectivity index (χ3v) is 25.5. The Balaban J connectivity index is 0.000000239. The molecule has 0 bridgehead atoms. The number of ether oxygens (including phenoxy) is 5. The molecule has 3 N–H and O–H groups in total. The summed E-state index contributed by atoms with van der Waals surface area (Å²) in [5.41, 5.74) is 9.31. The van der Waals surface area contributed by atoms with Crippen molar-refractivity contribution < 1.29 is 53.1 Å². The zero-order valence-corrected chi connectivity index (χ0v) is 78.7. The average Bonchev–Trinajstić information content (AvgIpc) is 1.60. The molecule has 0 fully saturated rings. The van der Waals surface area contributed by atoms with E-state index in [4.69, 9.17) is 50.7 Å². The van der Waals surface area contributed by atoms with Gasteiger partial charge in [-0.1, -0.05) is 193 Å². The van der Waals surface area contributed by atoms with E-state index in [0.29, 0.717) is 55.1 Å². The molecule has 0 saturated carbocycles. The minimum Gasteiger partial charge on any atom is -0.465 e. The number of fused-ring (bicyclic) bond motifs is 4. The molecule has 2 aliphatic heterocycles. The highest BCUT2D eigenvalue weighted by Crippen LogP contribution is 2.49. The third kappa shape index (κ3) is 31.7. The summed E-state index contributed by atoms with van der Waals surface area (Å²) in [5.74, 6) is 1.12. The predicted octanol–water partition coefficient (Wildman–Crippen LogP) is 19.5. The normalized spacial score (nSPS) is 12.1. The van der Waals surface area contributed by atoms with Gasteiger partial charge in [0.25, 0.3) is 29.2 Å². The summed E-state index contributed by atoms with van der Waals surface area (Å²) in [6.45, 7) is 51.0. The minimum absolute atomic E-state index is 0.00746. The van der Waals surface area contributed by atoms with Crippen molar-refractivity contribution in [2.45, 2.75) is 128 Å². The predicted molar refractivity (Wildman–Crippen MR) is 482 cm³/mol. The van der Waals surface area contributed by atoms with Crippen molar-refractivity contribution in [3.05, 3.63) is 248 Å². The van der Waals surface area contributed by atoms with Gasteiger partial charge in [0.2, 0.25) is 5.91 Å². The highest BCUT2D eigenvalue weighted by molar-refractivity contribution is 9.25. The fourth-order valence-corrected chi connectivity index (χ4v) is 15.2. The smallest absolute Gasteiger partial charge is 0.342 e. The number of aromatic amines is 1. The van der Waals surface area contributed by atoms with E-state index in [1.807, 2.05) is 67.1 Å². The number of methoxy groups -OCH3 is 2. The number of anilines is 2.